The van der Waals surface area contributed by atoms with E-state index >= 15 is 0 Å². The first-order chi connectivity index (χ1) is 8.40. The molecule has 6 heteroatoms. The average molecular weight is 258 g/mol. The molecular weight excluding hydrogens is 249 g/mol. The fourth-order valence-electron chi connectivity index (χ4n) is 1.75. The number of benzene rings is 1. The summed E-state index contributed by atoms with van der Waals surface area (Å²) in [7, 11) is 0. The Morgan fingerprint density at radius 1 is 1.22 bits per heavy atom. The first kappa shape index (κ1) is 12.6. The molecule has 0 spiro atoms. The second-order valence-corrected chi connectivity index (χ2v) is 3.82. The molecule has 1 atom stereocenters. The van der Waals surface area contributed by atoms with Crippen LogP contribution in [0.25, 0.3) is 0 Å². The first-order valence-electron chi connectivity index (χ1n) is 5.09. The van der Waals surface area contributed by atoms with Crippen molar-refractivity contribution in [2.24, 2.45) is 0 Å². The zero-order valence-electron chi connectivity index (χ0n) is 9.07. The standard InChI is InChI=1S/C12H9F3O3/c13-12(14,15)10-6-9(17)11(7-16,18-10)8-4-2-1-3-5-8/h1-6,16H,7H2. The molecule has 1 N–H and O–H groups in total. The smallest absolute Gasteiger partial charge is 0.449 e. The Morgan fingerprint density at radius 2 is 1.83 bits per heavy atom. The van der Waals surface area contributed by atoms with Gasteiger partial charge in [-0.1, -0.05) is 30.3 Å². The van der Waals surface area contributed by atoms with Gasteiger partial charge in [-0.05, 0) is 0 Å². The monoisotopic (exact) mass is 258 g/mol. The molecule has 0 bridgehead atoms. The fourth-order valence-corrected chi connectivity index (χ4v) is 1.75. The van der Waals surface area contributed by atoms with E-state index < -0.39 is 29.9 Å². The van der Waals surface area contributed by atoms with Gasteiger partial charge in [-0.25, -0.2) is 0 Å². The first-order valence-corrected chi connectivity index (χ1v) is 5.09. The molecule has 96 valence electrons. The van der Waals surface area contributed by atoms with E-state index in [1.807, 2.05) is 0 Å². The van der Waals surface area contributed by atoms with Crippen LogP contribution in [0, 0.1) is 0 Å². The molecule has 0 aliphatic carbocycles. The summed E-state index contributed by atoms with van der Waals surface area (Å²) in [5.41, 5.74) is -1.79. The van der Waals surface area contributed by atoms with Crippen LogP contribution < -0.4 is 0 Å². The molecule has 1 aliphatic rings. The molecule has 1 aromatic carbocycles. The number of halogens is 3. The van der Waals surface area contributed by atoms with E-state index in [2.05, 4.69) is 0 Å². The van der Waals surface area contributed by atoms with Gasteiger partial charge in [-0.2, -0.15) is 13.2 Å². The van der Waals surface area contributed by atoms with Crippen molar-refractivity contribution in [1.29, 1.82) is 0 Å². The molecule has 0 saturated heterocycles. The lowest BCUT2D eigenvalue weighted by Gasteiger charge is -2.27. The van der Waals surface area contributed by atoms with Crippen LogP contribution >= 0.6 is 0 Å². The van der Waals surface area contributed by atoms with E-state index in [4.69, 9.17) is 4.74 Å². The van der Waals surface area contributed by atoms with Crippen molar-refractivity contribution in [3.63, 3.8) is 0 Å². The molecule has 0 saturated carbocycles. The third-order valence-corrected chi connectivity index (χ3v) is 2.69. The van der Waals surface area contributed by atoms with Crippen molar-refractivity contribution in [3.05, 3.63) is 47.7 Å². The molecule has 0 amide bonds. The zero-order chi connectivity index (χ0) is 13.4. The number of ketones is 1. The molecule has 2 rings (SSSR count). The highest BCUT2D eigenvalue weighted by Crippen LogP contribution is 2.41. The molecule has 0 radical (unpaired) electrons. The number of alkyl halides is 3. The van der Waals surface area contributed by atoms with Crippen LogP contribution in [0.3, 0.4) is 0 Å². The molecule has 1 unspecified atom stereocenters. The number of rotatable bonds is 2. The van der Waals surface area contributed by atoms with Gasteiger partial charge in [0.05, 0.1) is 6.61 Å². The number of allylic oxidation sites excluding steroid dienone is 1. The number of carbonyl (C=O) groups excluding carboxylic acids is 1. The lowest BCUT2D eigenvalue weighted by atomic mass is 9.91. The molecule has 0 fully saturated rings. The molecule has 1 heterocycles. The van der Waals surface area contributed by atoms with Crippen LogP contribution in [-0.2, 0) is 15.1 Å². The van der Waals surface area contributed by atoms with Crippen molar-refractivity contribution in [2.75, 3.05) is 6.61 Å². The maximum atomic E-state index is 12.5. The highest BCUT2D eigenvalue weighted by atomic mass is 19.4. The minimum absolute atomic E-state index is 0.188. The van der Waals surface area contributed by atoms with Crippen molar-refractivity contribution in [1.82, 2.24) is 0 Å². The van der Waals surface area contributed by atoms with Crippen molar-refractivity contribution >= 4 is 5.78 Å². The second kappa shape index (κ2) is 4.13. The largest absolute Gasteiger partial charge is 0.467 e. The predicted octanol–water partition coefficient (Wildman–Crippen LogP) is 1.92. The summed E-state index contributed by atoms with van der Waals surface area (Å²) >= 11 is 0. The van der Waals surface area contributed by atoms with E-state index in [0.717, 1.165) is 0 Å². The van der Waals surface area contributed by atoms with Gasteiger partial charge in [0.15, 0.2) is 0 Å². The number of carbonyl (C=O) groups is 1. The highest BCUT2D eigenvalue weighted by molar-refractivity contribution is 6.00. The average Bonchev–Trinajstić information content (AvgIpc) is 2.68. The number of aliphatic hydroxyl groups is 1. The summed E-state index contributed by atoms with van der Waals surface area (Å²) in [5, 5.41) is 9.28. The van der Waals surface area contributed by atoms with E-state index in [1.54, 1.807) is 18.2 Å². The number of aliphatic hydroxyl groups excluding tert-OH is 1. The van der Waals surface area contributed by atoms with Gasteiger partial charge >= 0.3 is 6.18 Å². The van der Waals surface area contributed by atoms with E-state index in [0.29, 0.717) is 6.08 Å². The van der Waals surface area contributed by atoms with Crippen LogP contribution in [0.4, 0.5) is 13.2 Å². The van der Waals surface area contributed by atoms with Crippen molar-refractivity contribution in [2.45, 2.75) is 11.8 Å². The fraction of sp³-hybridized carbons (Fsp3) is 0.250. The quantitative estimate of drug-likeness (QED) is 0.881. The highest BCUT2D eigenvalue weighted by Gasteiger charge is 2.52. The lowest BCUT2D eigenvalue weighted by molar-refractivity contribution is -0.162. The van der Waals surface area contributed by atoms with Crippen molar-refractivity contribution < 1.29 is 27.8 Å². The summed E-state index contributed by atoms with van der Waals surface area (Å²) in [6.07, 6.45) is -4.37. The number of ether oxygens (including phenoxy) is 1. The molecular formula is C12H9F3O3. The maximum Gasteiger partial charge on any atom is 0.449 e. The minimum atomic E-state index is -4.75. The van der Waals surface area contributed by atoms with Gasteiger partial charge in [-0.3, -0.25) is 4.79 Å². The van der Waals surface area contributed by atoms with Gasteiger partial charge in [-0.15, -0.1) is 0 Å². The summed E-state index contributed by atoms with van der Waals surface area (Å²) in [6.45, 7) is -0.855. The Hall–Kier alpha value is -1.82. The summed E-state index contributed by atoms with van der Waals surface area (Å²) in [5.74, 6) is -2.30. The van der Waals surface area contributed by atoms with E-state index in [1.165, 1.54) is 12.1 Å². The Labute approximate surface area is 100 Å². The van der Waals surface area contributed by atoms with Gasteiger partial charge in [0.25, 0.3) is 0 Å². The Kier molecular flexibility index (Phi) is 2.90. The maximum absolute atomic E-state index is 12.5. The van der Waals surface area contributed by atoms with Crippen LogP contribution in [-0.4, -0.2) is 23.7 Å². The normalized spacial score (nSPS) is 23.8. The Bertz CT molecular complexity index is 493. The van der Waals surface area contributed by atoms with Crippen LogP contribution in [0.15, 0.2) is 42.2 Å². The van der Waals surface area contributed by atoms with Crippen LogP contribution in [0.1, 0.15) is 5.56 Å². The van der Waals surface area contributed by atoms with E-state index in [-0.39, 0.29) is 5.56 Å². The lowest BCUT2D eigenvalue weighted by Crippen LogP contribution is -2.38. The third kappa shape index (κ3) is 1.88. The second-order valence-electron chi connectivity index (χ2n) is 3.82. The van der Waals surface area contributed by atoms with Gasteiger partial charge in [0, 0.05) is 11.6 Å². The molecule has 1 aliphatic heterocycles. The number of hydrogen-bond donors (Lipinski definition) is 1. The summed E-state index contributed by atoms with van der Waals surface area (Å²) < 4.78 is 42.2. The SMILES string of the molecule is O=C1C=C(C(F)(F)F)OC1(CO)c1ccccc1. The van der Waals surface area contributed by atoms with E-state index in [9.17, 15) is 23.1 Å². The topological polar surface area (TPSA) is 46.5 Å². The predicted molar refractivity (Wildman–Crippen MR) is 55.4 cm³/mol. The molecule has 1 aromatic rings. The number of hydrogen-bond acceptors (Lipinski definition) is 3. The zero-order valence-corrected chi connectivity index (χ0v) is 9.07. The van der Waals surface area contributed by atoms with Crippen molar-refractivity contribution in [3.8, 4) is 0 Å². The van der Waals surface area contributed by atoms with Gasteiger partial charge in [0.1, 0.15) is 0 Å². The molecule has 18 heavy (non-hydrogen) atoms. The Morgan fingerprint density at radius 3 is 2.28 bits per heavy atom. The third-order valence-electron chi connectivity index (χ3n) is 2.69. The summed E-state index contributed by atoms with van der Waals surface area (Å²) in [4.78, 5) is 11.7. The van der Waals surface area contributed by atoms with Gasteiger partial charge in [0.2, 0.25) is 17.1 Å². The van der Waals surface area contributed by atoms with Crippen LogP contribution in [0.5, 0.6) is 0 Å². The minimum Gasteiger partial charge on any atom is -0.467 e. The van der Waals surface area contributed by atoms with Crippen LogP contribution in [0.2, 0.25) is 0 Å². The van der Waals surface area contributed by atoms with Gasteiger partial charge < -0.3 is 9.84 Å². The molecule has 0 aromatic heterocycles. The summed E-state index contributed by atoms with van der Waals surface area (Å²) in [6, 6.07) is 7.61. The molecule has 3 nitrogen and oxygen atoms in total. The Balaban J connectivity index is 2.42.